The quantitative estimate of drug-likeness (QED) is 0.862. The van der Waals surface area contributed by atoms with Crippen LogP contribution < -0.4 is 5.73 Å². The zero-order valence-corrected chi connectivity index (χ0v) is 12.4. The van der Waals surface area contributed by atoms with E-state index in [1.807, 2.05) is 0 Å². The van der Waals surface area contributed by atoms with Gasteiger partial charge in [0.05, 0.1) is 6.04 Å². The molecule has 16 heavy (non-hydrogen) atoms. The van der Waals surface area contributed by atoms with Crippen LogP contribution in [0.25, 0.3) is 0 Å². The average molecular weight is 303 g/mol. The molecule has 1 aliphatic rings. The van der Waals surface area contributed by atoms with Gasteiger partial charge in [0.15, 0.2) is 0 Å². The van der Waals surface area contributed by atoms with Crippen molar-refractivity contribution in [1.29, 1.82) is 0 Å². The van der Waals surface area contributed by atoms with Crippen molar-refractivity contribution < 1.29 is 0 Å². The van der Waals surface area contributed by atoms with Crippen LogP contribution in [-0.4, -0.2) is 23.0 Å². The fraction of sp³-hybridized carbons (Fsp3) is 0.667. The molecule has 2 rings (SSSR count). The molecule has 0 spiro atoms. The third-order valence-corrected chi connectivity index (χ3v) is 4.95. The number of halogens is 1. The molecular formula is C12H19BrN2S. The molecule has 0 aromatic carbocycles. The van der Waals surface area contributed by atoms with E-state index >= 15 is 0 Å². The topological polar surface area (TPSA) is 29.3 Å². The summed E-state index contributed by atoms with van der Waals surface area (Å²) in [7, 11) is 0. The van der Waals surface area contributed by atoms with Gasteiger partial charge in [-0.1, -0.05) is 0 Å². The fourth-order valence-corrected chi connectivity index (χ4v) is 4.05. The maximum atomic E-state index is 6.26. The number of hydrogen-bond acceptors (Lipinski definition) is 3. The highest BCUT2D eigenvalue weighted by molar-refractivity contribution is 9.10. The Morgan fingerprint density at radius 2 is 2.19 bits per heavy atom. The maximum absolute atomic E-state index is 6.26. The molecule has 0 aliphatic carbocycles. The van der Waals surface area contributed by atoms with Gasteiger partial charge in [-0.3, -0.25) is 4.90 Å². The standard InChI is InChI=1S/C12H19BrN2S/c1-12(2,3)15-5-4-9(14)11(15)10-6-8(13)7-16-10/h6-7,9,11H,4-5,14H2,1-3H3. The molecular weight excluding hydrogens is 284 g/mol. The lowest BCUT2D eigenvalue weighted by atomic mass is 10.0. The van der Waals surface area contributed by atoms with Crippen molar-refractivity contribution in [2.24, 2.45) is 5.73 Å². The molecule has 2 unspecified atom stereocenters. The van der Waals surface area contributed by atoms with E-state index in [9.17, 15) is 0 Å². The molecule has 0 amide bonds. The Balaban J connectivity index is 2.29. The van der Waals surface area contributed by atoms with Crippen LogP contribution in [0.15, 0.2) is 15.9 Å². The molecule has 1 aromatic heterocycles. The van der Waals surface area contributed by atoms with Gasteiger partial charge in [-0.05, 0) is 49.2 Å². The van der Waals surface area contributed by atoms with Gasteiger partial charge >= 0.3 is 0 Å². The molecule has 0 bridgehead atoms. The van der Waals surface area contributed by atoms with Gasteiger partial charge in [0.1, 0.15) is 0 Å². The molecule has 2 nitrogen and oxygen atoms in total. The van der Waals surface area contributed by atoms with Crippen molar-refractivity contribution in [2.45, 2.75) is 44.8 Å². The zero-order valence-electron chi connectivity index (χ0n) is 10.0. The molecule has 4 heteroatoms. The number of likely N-dealkylation sites (tertiary alicyclic amines) is 1. The number of nitrogens with zero attached hydrogens (tertiary/aromatic N) is 1. The summed E-state index contributed by atoms with van der Waals surface area (Å²) in [6.45, 7) is 7.90. The zero-order chi connectivity index (χ0) is 11.9. The molecule has 1 saturated heterocycles. The van der Waals surface area contributed by atoms with Crippen LogP contribution in [-0.2, 0) is 0 Å². The molecule has 90 valence electrons. The summed E-state index contributed by atoms with van der Waals surface area (Å²) in [5.74, 6) is 0. The second-order valence-corrected chi connectivity index (χ2v) is 7.29. The Labute approximate surface area is 110 Å². The molecule has 1 aromatic rings. The largest absolute Gasteiger partial charge is 0.326 e. The van der Waals surface area contributed by atoms with Crippen molar-refractivity contribution in [3.8, 4) is 0 Å². The van der Waals surface area contributed by atoms with Crippen molar-refractivity contribution in [3.63, 3.8) is 0 Å². The lowest BCUT2D eigenvalue weighted by molar-refractivity contribution is 0.119. The number of rotatable bonds is 1. The van der Waals surface area contributed by atoms with Crippen molar-refractivity contribution >= 4 is 27.3 Å². The second kappa shape index (κ2) is 4.41. The van der Waals surface area contributed by atoms with Crippen LogP contribution in [0.2, 0.25) is 0 Å². The summed E-state index contributed by atoms with van der Waals surface area (Å²) in [6, 6.07) is 2.86. The van der Waals surface area contributed by atoms with Gasteiger partial charge < -0.3 is 5.73 Å². The first-order valence-corrected chi connectivity index (χ1v) is 7.33. The van der Waals surface area contributed by atoms with Crippen LogP contribution in [0.3, 0.4) is 0 Å². The first kappa shape index (κ1) is 12.6. The maximum Gasteiger partial charge on any atom is 0.0598 e. The lowest BCUT2D eigenvalue weighted by Gasteiger charge is -2.37. The Morgan fingerprint density at radius 3 is 2.69 bits per heavy atom. The van der Waals surface area contributed by atoms with Gasteiger partial charge in [0.2, 0.25) is 0 Å². The van der Waals surface area contributed by atoms with E-state index in [1.54, 1.807) is 11.3 Å². The fourth-order valence-electron chi connectivity index (χ4n) is 2.42. The number of thiophene rings is 1. The minimum absolute atomic E-state index is 0.190. The molecule has 0 saturated carbocycles. The van der Waals surface area contributed by atoms with E-state index in [0.29, 0.717) is 6.04 Å². The van der Waals surface area contributed by atoms with Crippen molar-refractivity contribution in [2.75, 3.05) is 6.54 Å². The van der Waals surface area contributed by atoms with Gasteiger partial charge in [0, 0.05) is 32.9 Å². The Bertz CT molecular complexity index is 369. The van der Waals surface area contributed by atoms with E-state index in [4.69, 9.17) is 5.73 Å². The molecule has 1 aliphatic heterocycles. The van der Waals surface area contributed by atoms with Crippen LogP contribution in [0.1, 0.15) is 38.1 Å². The van der Waals surface area contributed by atoms with Crippen LogP contribution >= 0.6 is 27.3 Å². The van der Waals surface area contributed by atoms with E-state index in [-0.39, 0.29) is 11.6 Å². The Morgan fingerprint density at radius 1 is 1.50 bits per heavy atom. The molecule has 0 radical (unpaired) electrons. The van der Waals surface area contributed by atoms with Crippen LogP contribution in [0.4, 0.5) is 0 Å². The third kappa shape index (κ3) is 2.35. The number of hydrogen-bond donors (Lipinski definition) is 1. The molecule has 1 fully saturated rings. The van der Waals surface area contributed by atoms with E-state index < -0.39 is 0 Å². The first-order chi connectivity index (χ1) is 7.39. The first-order valence-electron chi connectivity index (χ1n) is 5.66. The van der Waals surface area contributed by atoms with E-state index in [0.717, 1.165) is 13.0 Å². The number of nitrogens with two attached hydrogens (primary N) is 1. The normalized spacial score (nSPS) is 27.6. The minimum Gasteiger partial charge on any atom is -0.326 e. The van der Waals surface area contributed by atoms with Gasteiger partial charge in [-0.25, -0.2) is 0 Å². The lowest BCUT2D eigenvalue weighted by Crippen LogP contribution is -2.43. The molecule has 2 atom stereocenters. The summed E-state index contributed by atoms with van der Waals surface area (Å²) >= 11 is 5.32. The van der Waals surface area contributed by atoms with Gasteiger partial charge in [0.25, 0.3) is 0 Å². The highest BCUT2D eigenvalue weighted by Crippen LogP contribution is 2.39. The minimum atomic E-state index is 0.190. The van der Waals surface area contributed by atoms with Crippen molar-refractivity contribution in [1.82, 2.24) is 4.90 Å². The van der Waals surface area contributed by atoms with Crippen LogP contribution in [0.5, 0.6) is 0 Å². The molecule has 2 heterocycles. The second-order valence-electron chi connectivity index (χ2n) is 5.43. The van der Waals surface area contributed by atoms with E-state index in [1.165, 1.54) is 9.35 Å². The van der Waals surface area contributed by atoms with Gasteiger partial charge in [-0.15, -0.1) is 11.3 Å². The van der Waals surface area contributed by atoms with Gasteiger partial charge in [-0.2, -0.15) is 0 Å². The Kier molecular flexibility index (Phi) is 3.46. The average Bonchev–Trinajstić information content (AvgIpc) is 2.70. The third-order valence-electron chi connectivity index (χ3n) is 3.19. The smallest absolute Gasteiger partial charge is 0.0598 e. The molecule has 2 N–H and O–H groups in total. The van der Waals surface area contributed by atoms with Crippen molar-refractivity contribution in [3.05, 3.63) is 20.8 Å². The monoisotopic (exact) mass is 302 g/mol. The summed E-state index contributed by atoms with van der Waals surface area (Å²) < 4.78 is 1.17. The highest BCUT2D eigenvalue weighted by Gasteiger charge is 2.39. The summed E-state index contributed by atoms with van der Waals surface area (Å²) in [4.78, 5) is 3.91. The van der Waals surface area contributed by atoms with E-state index in [2.05, 4.69) is 53.0 Å². The van der Waals surface area contributed by atoms with Crippen LogP contribution in [0, 0.1) is 0 Å². The predicted octanol–water partition coefficient (Wildman–Crippen LogP) is 3.38. The summed E-state index contributed by atoms with van der Waals surface area (Å²) in [5, 5.41) is 2.14. The predicted molar refractivity (Wildman–Crippen MR) is 73.8 cm³/mol. The SMILES string of the molecule is CC(C)(C)N1CCC(N)C1c1cc(Br)cs1. The summed E-state index contributed by atoms with van der Waals surface area (Å²) in [5.41, 5.74) is 6.45. The Hall–Kier alpha value is 0.1000. The highest BCUT2D eigenvalue weighted by atomic mass is 79.9. The summed E-state index contributed by atoms with van der Waals surface area (Å²) in [6.07, 6.45) is 1.09.